The molecule has 30 heavy (non-hydrogen) atoms. The number of amides is 1. The zero-order chi connectivity index (χ0) is 20.8. The molecule has 1 atom stereocenters. The van der Waals surface area contributed by atoms with Gasteiger partial charge in [0.15, 0.2) is 5.75 Å². The van der Waals surface area contributed by atoms with Gasteiger partial charge in [-0.15, -0.1) is 5.10 Å². The third-order valence-electron chi connectivity index (χ3n) is 6.00. The minimum absolute atomic E-state index is 0.0216. The van der Waals surface area contributed by atoms with Gasteiger partial charge in [0.1, 0.15) is 11.8 Å². The number of nitrogens with zero attached hydrogens (tertiary/aromatic N) is 4. The molecule has 2 bridgehead atoms. The number of carbonyl (C=O) groups excluding carboxylic acids is 1. The molecular weight excluding hydrogens is 400 g/mol. The van der Waals surface area contributed by atoms with Crippen LogP contribution in [0.15, 0.2) is 36.5 Å². The molecule has 3 aromatic rings. The zero-order valence-electron chi connectivity index (χ0n) is 17.1. The first-order valence-corrected chi connectivity index (χ1v) is 10.6. The van der Waals surface area contributed by atoms with E-state index in [0.29, 0.717) is 29.3 Å². The number of piperidine rings is 1. The number of fused-ring (bicyclic) bond motifs is 3. The fourth-order valence-corrected chi connectivity index (χ4v) is 4.55. The highest BCUT2D eigenvalue weighted by Crippen LogP contribution is 2.39. The van der Waals surface area contributed by atoms with Crippen molar-refractivity contribution in [3.05, 3.63) is 63.8 Å². The van der Waals surface area contributed by atoms with Crippen LogP contribution in [0.5, 0.6) is 5.75 Å². The molecule has 2 aliphatic rings. The Bertz CT molecular complexity index is 1120. The van der Waals surface area contributed by atoms with Crippen LogP contribution in [0.3, 0.4) is 0 Å². The van der Waals surface area contributed by atoms with Gasteiger partial charge < -0.3 is 9.64 Å². The lowest BCUT2D eigenvalue weighted by Crippen LogP contribution is -2.41. The van der Waals surface area contributed by atoms with Crippen LogP contribution in [-0.4, -0.2) is 45.0 Å². The summed E-state index contributed by atoms with van der Waals surface area (Å²) in [6.07, 6.45) is 4.53. The topological polar surface area (TPSA) is 60.2 Å². The Kier molecular flexibility index (Phi) is 4.74. The number of hydrogen-bond acceptors (Lipinski definition) is 4. The normalized spacial score (nSPS) is 18.0. The number of carbonyl (C=O) groups is 1. The highest BCUT2D eigenvalue weighted by atomic mass is 35.5. The van der Waals surface area contributed by atoms with Crippen molar-refractivity contribution >= 4 is 17.5 Å². The smallest absolute Gasteiger partial charge is 0.257 e. The third kappa shape index (κ3) is 3.35. The molecule has 1 amide bonds. The minimum Gasteiger partial charge on any atom is -0.486 e. The van der Waals surface area contributed by atoms with Gasteiger partial charge in [0.25, 0.3) is 5.91 Å². The molecule has 2 aromatic carbocycles. The van der Waals surface area contributed by atoms with Crippen LogP contribution in [0.1, 0.15) is 39.9 Å². The van der Waals surface area contributed by atoms with Crippen molar-refractivity contribution in [3.8, 4) is 17.0 Å². The SMILES string of the molecule is Cc1c(Cc2ccc(-c3cn(C)nn3)cc2)cc2c(c1Cl)O[C@@H]1CCCN(C1)C2=O. The van der Waals surface area contributed by atoms with Crippen molar-refractivity contribution in [2.24, 2.45) is 7.05 Å². The van der Waals surface area contributed by atoms with E-state index < -0.39 is 0 Å². The summed E-state index contributed by atoms with van der Waals surface area (Å²) >= 11 is 6.71. The number of rotatable bonds is 3. The zero-order valence-corrected chi connectivity index (χ0v) is 17.8. The van der Waals surface area contributed by atoms with E-state index in [1.54, 1.807) is 4.68 Å². The molecule has 0 radical (unpaired) electrons. The van der Waals surface area contributed by atoms with E-state index in [0.717, 1.165) is 47.3 Å². The lowest BCUT2D eigenvalue weighted by Gasteiger charge is -2.29. The Hall–Kier alpha value is -2.86. The molecule has 0 saturated carbocycles. The predicted octanol–water partition coefficient (Wildman–Crippen LogP) is 4.03. The lowest BCUT2D eigenvalue weighted by molar-refractivity contribution is 0.0613. The average Bonchev–Trinajstić information content (AvgIpc) is 3.16. The summed E-state index contributed by atoms with van der Waals surface area (Å²) in [7, 11) is 1.85. The summed E-state index contributed by atoms with van der Waals surface area (Å²) < 4.78 is 7.86. The minimum atomic E-state index is 0.0216. The summed E-state index contributed by atoms with van der Waals surface area (Å²) in [5.74, 6) is 0.573. The fourth-order valence-electron chi connectivity index (χ4n) is 4.28. The van der Waals surface area contributed by atoms with Crippen molar-refractivity contribution in [1.82, 2.24) is 19.9 Å². The quantitative estimate of drug-likeness (QED) is 0.639. The first-order chi connectivity index (χ1) is 14.5. The van der Waals surface area contributed by atoms with Crippen molar-refractivity contribution < 1.29 is 9.53 Å². The molecule has 1 aromatic heterocycles. The summed E-state index contributed by atoms with van der Waals surface area (Å²) in [6.45, 7) is 3.42. The Morgan fingerprint density at radius 1 is 1.27 bits per heavy atom. The largest absolute Gasteiger partial charge is 0.486 e. The standard InChI is InChI=1S/C23H23ClN4O2/c1-14-17(10-15-5-7-16(8-6-15)20-13-27(2)26-25-20)11-19-22(21(14)24)30-18-4-3-9-28(12-18)23(19)29/h5-8,11,13,18H,3-4,9-10,12H2,1-2H3/t18-/m1/s1. The lowest BCUT2D eigenvalue weighted by atomic mass is 9.96. The molecule has 0 spiro atoms. The maximum Gasteiger partial charge on any atom is 0.257 e. The first kappa shape index (κ1) is 19.1. The molecule has 0 unspecified atom stereocenters. The summed E-state index contributed by atoms with van der Waals surface area (Å²) in [6, 6.07) is 10.2. The Morgan fingerprint density at radius 3 is 2.80 bits per heavy atom. The van der Waals surface area contributed by atoms with Crippen LogP contribution < -0.4 is 4.74 Å². The van der Waals surface area contributed by atoms with Gasteiger partial charge in [-0.1, -0.05) is 41.1 Å². The van der Waals surface area contributed by atoms with E-state index in [9.17, 15) is 4.79 Å². The van der Waals surface area contributed by atoms with Crippen molar-refractivity contribution in [2.45, 2.75) is 32.3 Å². The van der Waals surface area contributed by atoms with E-state index in [4.69, 9.17) is 16.3 Å². The second-order valence-electron chi connectivity index (χ2n) is 8.14. The van der Waals surface area contributed by atoms with Crippen LogP contribution in [0.25, 0.3) is 11.3 Å². The van der Waals surface area contributed by atoms with Gasteiger partial charge in [0.2, 0.25) is 0 Å². The van der Waals surface area contributed by atoms with Gasteiger partial charge in [0.05, 0.1) is 23.3 Å². The second kappa shape index (κ2) is 7.43. The van der Waals surface area contributed by atoms with Crippen LogP contribution >= 0.6 is 11.6 Å². The third-order valence-corrected chi connectivity index (χ3v) is 6.46. The summed E-state index contributed by atoms with van der Waals surface area (Å²) in [5.41, 5.74) is 5.60. The molecular formula is C23H23ClN4O2. The highest BCUT2D eigenvalue weighted by Gasteiger charge is 2.34. The molecule has 1 saturated heterocycles. The number of aryl methyl sites for hydroxylation is 1. The highest BCUT2D eigenvalue weighted by molar-refractivity contribution is 6.33. The number of hydrogen-bond donors (Lipinski definition) is 0. The van der Waals surface area contributed by atoms with Gasteiger partial charge in [-0.25, -0.2) is 0 Å². The maximum atomic E-state index is 13.1. The van der Waals surface area contributed by atoms with Crippen molar-refractivity contribution in [3.63, 3.8) is 0 Å². The van der Waals surface area contributed by atoms with Gasteiger partial charge in [0, 0.05) is 19.2 Å². The maximum absolute atomic E-state index is 13.1. The van der Waals surface area contributed by atoms with Crippen LogP contribution in [0.2, 0.25) is 5.02 Å². The molecule has 6 nitrogen and oxygen atoms in total. The summed E-state index contributed by atoms with van der Waals surface area (Å²) in [5, 5.41) is 8.70. The van der Waals surface area contributed by atoms with Gasteiger partial charge in [-0.3, -0.25) is 9.48 Å². The van der Waals surface area contributed by atoms with Gasteiger partial charge in [-0.2, -0.15) is 0 Å². The van der Waals surface area contributed by atoms with E-state index in [1.807, 2.05) is 43.3 Å². The van der Waals surface area contributed by atoms with Crippen LogP contribution in [0.4, 0.5) is 0 Å². The Morgan fingerprint density at radius 2 is 2.07 bits per heavy atom. The number of aromatic nitrogens is 3. The molecule has 7 heteroatoms. The molecule has 154 valence electrons. The van der Waals surface area contributed by atoms with Crippen molar-refractivity contribution in [1.29, 1.82) is 0 Å². The predicted molar refractivity (Wildman–Crippen MR) is 115 cm³/mol. The summed E-state index contributed by atoms with van der Waals surface area (Å²) in [4.78, 5) is 15.0. The molecule has 5 rings (SSSR count). The molecule has 0 aliphatic carbocycles. The Balaban J connectivity index is 1.47. The van der Waals surface area contributed by atoms with Gasteiger partial charge >= 0.3 is 0 Å². The van der Waals surface area contributed by atoms with Crippen LogP contribution in [-0.2, 0) is 13.5 Å². The number of halogens is 1. The van der Waals surface area contributed by atoms with Gasteiger partial charge in [-0.05, 0) is 48.9 Å². The number of ether oxygens (including phenoxy) is 1. The molecule has 1 fully saturated rings. The molecule has 0 N–H and O–H groups in total. The average molecular weight is 423 g/mol. The Labute approximate surface area is 180 Å². The molecule has 2 aliphatic heterocycles. The fraction of sp³-hybridized carbons (Fsp3) is 0.348. The molecule has 3 heterocycles. The number of benzene rings is 2. The first-order valence-electron chi connectivity index (χ1n) is 10.2. The monoisotopic (exact) mass is 422 g/mol. The van der Waals surface area contributed by atoms with Crippen molar-refractivity contribution in [2.75, 3.05) is 13.1 Å². The van der Waals surface area contributed by atoms with E-state index in [1.165, 1.54) is 0 Å². The van der Waals surface area contributed by atoms with E-state index in [-0.39, 0.29) is 12.0 Å². The second-order valence-corrected chi connectivity index (χ2v) is 8.51. The van der Waals surface area contributed by atoms with E-state index >= 15 is 0 Å². The van der Waals surface area contributed by atoms with Crippen LogP contribution in [0, 0.1) is 6.92 Å². The van der Waals surface area contributed by atoms with E-state index in [2.05, 4.69) is 22.4 Å².